The van der Waals surface area contributed by atoms with Crippen molar-refractivity contribution in [3.8, 4) is 0 Å². The molecule has 0 radical (unpaired) electrons. The molecule has 0 aliphatic carbocycles. The van der Waals surface area contributed by atoms with Crippen molar-refractivity contribution in [2.75, 3.05) is 6.54 Å². The van der Waals surface area contributed by atoms with Gasteiger partial charge < -0.3 is 9.88 Å². The summed E-state index contributed by atoms with van der Waals surface area (Å²) < 4.78 is 15.3. The molecule has 0 unspecified atom stereocenters. The SMILES string of the molecule is Cc1cnc(CCNC(=O)Cc2cccc(F)c2)n1Cc1ccccc1. The van der Waals surface area contributed by atoms with Crippen molar-refractivity contribution in [2.24, 2.45) is 0 Å². The topological polar surface area (TPSA) is 46.9 Å². The second kappa shape index (κ2) is 8.43. The molecule has 3 rings (SSSR count). The number of nitrogens with zero attached hydrogens (tertiary/aromatic N) is 2. The molecule has 1 N–H and O–H groups in total. The van der Waals surface area contributed by atoms with Crippen LogP contribution in [0.5, 0.6) is 0 Å². The van der Waals surface area contributed by atoms with E-state index in [4.69, 9.17) is 0 Å². The van der Waals surface area contributed by atoms with Gasteiger partial charge in [-0.15, -0.1) is 0 Å². The van der Waals surface area contributed by atoms with Gasteiger partial charge in [0.1, 0.15) is 11.6 Å². The lowest BCUT2D eigenvalue weighted by Gasteiger charge is -2.11. The van der Waals surface area contributed by atoms with Gasteiger partial charge in [-0.2, -0.15) is 0 Å². The number of imidazole rings is 1. The van der Waals surface area contributed by atoms with Crippen molar-refractivity contribution in [3.05, 3.63) is 89.3 Å². The molecule has 26 heavy (non-hydrogen) atoms. The van der Waals surface area contributed by atoms with E-state index < -0.39 is 0 Å². The zero-order chi connectivity index (χ0) is 18.4. The third-order valence-corrected chi connectivity index (χ3v) is 4.25. The van der Waals surface area contributed by atoms with E-state index in [1.165, 1.54) is 17.7 Å². The minimum absolute atomic E-state index is 0.117. The maximum atomic E-state index is 13.2. The Bertz CT molecular complexity index is 874. The van der Waals surface area contributed by atoms with E-state index in [0.717, 1.165) is 18.1 Å². The maximum Gasteiger partial charge on any atom is 0.224 e. The van der Waals surface area contributed by atoms with Gasteiger partial charge in [0.25, 0.3) is 0 Å². The van der Waals surface area contributed by atoms with Crippen LogP contribution < -0.4 is 5.32 Å². The van der Waals surface area contributed by atoms with Crippen LogP contribution in [0.1, 0.15) is 22.6 Å². The van der Waals surface area contributed by atoms with Gasteiger partial charge in [-0.05, 0) is 30.2 Å². The van der Waals surface area contributed by atoms with Crippen molar-refractivity contribution in [2.45, 2.75) is 26.3 Å². The lowest BCUT2D eigenvalue weighted by Crippen LogP contribution is -2.28. The fraction of sp³-hybridized carbons (Fsp3) is 0.238. The summed E-state index contributed by atoms with van der Waals surface area (Å²) >= 11 is 0. The number of hydrogen-bond donors (Lipinski definition) is 1. The Balaban J connectivity index is 1.54. The molecule has 0 aliphatic rings. The standard InChI is InChI=1S/C21H22FN3O/c1-16-14-24-20(25(16)15-17-6-3-2-4-7-17)10-11-23-21(26)13-18-8-5-9-19(22)12-18/h2-9,12,14H,10-11,13,15H2,1H3,(H,23,26). The zero-order valence-corrected chi connectivity index (χ0v) is 14.8. The quantitative estimate of drug-likeness (QED) is 0.710. The monoisotopic (exact) mass is 351 g/mol. The Hall–Kier alpha value is -2.95. The Morgan fingerprint density at radius 1 is 1.12 bits per heavy atom. The number of carbonyl (C=O) groups is 1. The first-order valence-corrected chi connectivity index (χ1v) is 8.68. The Morgan fingerprint density at radius 3 is 2.65 bits per heavy atom. The summed E-state index contributed by atoms with van der Waals surface area (Å²) in [4.78, 5) is 16.5. The number of amides is 1. The van der Waals surface area contributed by atoms with E-state index in [1.807, 2.05) is 31.3 Å². The van der Waals surface area contributed by atoms with Crippen molar-refractivity contribution in [1.82, 2.24) is 14.9 Å². The third-order valence-electron chi connectivity index (χ3n) is 4.25. The molecule has 1 aromatic heterocycles. The van der Waals surface area contributed by atoms with Crippen molar-refractivity contribution < 1.29 is 9.18 Å². The molecule has 0 saturated heterocycles. The molecule has 1 amide bonds. The average molecular weight is 351 g/mol. The zero-order valence-electron chi connectivity index (χ0n) is 14.8. The first-order chi connectivity index (χ1) is 12.6. The number of aromatic nitrogens is 2. The largest absolute Gasteiger partial charge is 0.355 e. The molecule has 0 saturated carbocycles. The first-order valence-electron chi connectivity index (χ1n) is 8.68. The first kappa shape index (κ1) is 17.9. The highest BCUT2D eigenvalue weighted by molar-refractivity contribution is 5.78. The number of aryl methyl sites for hydroxylation is 1. The molecule has 0 fully saturated rings. The lowest BCUT2D eigenvalue weighted by molar-refractivity contribution is -0.120. The highest BCUT2D eigenvalue weighted by atomic mass is 19.1. The number of rotatable bonds is 7. The van der Waals surface area contributed by atoms with Gasteiger partial charge in [0.2, 0.25) is 5.91 Å². The Morgan fingerprint density at radius 2 is 1.88 bits per heavy atom. The number of benzene rings is 2. The molecule has 3 aromatic rings. The minimum Gasteiger partial charge on any atom is -0.355 e. The number of hydrogen-bond acceptors (Lipinski definition) is 2. The summed E-state index contributed by atoms with van der Waals surface area (Å²) in [5.74, 6) is 0.500. The summed E-state index contributed by atoms with van der Waals surface area (Å²) in [6, 6.07) is 16.3. The molecule has 4 nitrogen and oxygen atoms in total. The second-order valence-electron chi connectivity index (χ2n) is 6.29. The predicted octanol–water partition coefficient (Wildman–Crippen LogP) is 3.28. The van der Waals surface area contributed by atoms with Crippen LogP contribution in [0.4, 0.5) is 4.39 Å². The van der Waals surface area contributed by atoms with Gasteiger partial charge in [-0.1, -0.05) is 42.5 Å². The molecule has 134 valence electrons. The van der Waals surface area contributed by atoms with Crippen LogP contribution >= 0.6 is 0 Å². The van der Waals surface area contributed by atoms with Crippen LogP contribution in [0.25, 0.3) is 0 Å². The van der Waals surface area contributed by atoms with Crippen LogP contribution in [0, 0.1) is 12.7 Å². The van der Waals surface area contributed by atoms with E-state index >= 15 is 0 Å². The summed E-state index contributed by atoms with van der Waals surface area (Å²) in [7, 11) is 0. The van der Waals surface area contributed by atoms with Crippen LogP contribution in [-0.2, 0) is 24.2 Å². The second-order valence-corrected chi connectivity index (χ2v) is 6.29. The van der Waals surface area contributed by atoms with Gasteiger partial charge >= 0.3 is 0 Å². The normalized spacial score (nSPS) is 10.7. The maximum absolute atomic E-state index is 13.2. The molecular formula is C21H22FN3O. The number of nitrogens with one attached hydrogen (secondary N) is 1. The predicted molar refractivity (Wildman–Crippen MR) is 99.3 cm³/mol. The summed E-state index contributed by atoms with van der Waals surface area (Å²) in [5, 5.41) is 2.88. The van der Waals surface area contributed by atoms with Crippen LogP contribution in [0.2, 0.25) is 0 Å². The highest BCUT2D eigenvalue weighted by Gasteiger charge is 2.09. The molecule has 0 bridgehead atoms. The fourth-order valence-electron chi connectivity index (χ4n) is 2.90. The van der Waals surface area contributed by atoms with Gasteiger partial charge in [0.05, 0.1) is 6.42 Å². The smallest absolute Gasteiger partial charge is 0.224 e. The van der Waals surface area contributed by atoms with Gasteiger partial charge in [0.15, 0.2) is 0 Å². The van der Waals surface area contributed by atoms with Crippen molar-refractivity contribution in [1.29, 1.82) is 0 Å². The van der Waals surface area contributed by atoms with Crippen molar-refractivity contribution >= 4 is 5.91 Å². The number of carbonyl (C=O) groups excluding carboxylic acids is 1. The molecule has 0 atom stereocenters. The van der Waals surface area contributed by atoms with Gasteiger partial charge in [-0.25, -0.2) is 9.37 Å². The van der Waals surface area contributed by atoms with E-state index in [2.05, 4.69) is 27.0 Å². The molecule has 5 heteroatoms. The fourth-order valence-corrected chi connectivity index (χ4v) is 2.90. The summed E-state index contributed by atoms with van der Waals surface area (Å²) in [5.41, 5.74) is 2.98. The van der Waals surface area contributed by atoms with Crippen LogP contribution in [0.3, 0.4) is 0 Å². The van der Waals surface area contributed by atoms with Crippen LogP contribution in [0.15, 0.2) is 60.8 Å². The van der Waals surface area contributed by atoms with E-state index in [0.29, 0.717) is 18.5 Å². The van der Waals surface area contributed by atoms with E-state index in [-0.39, 0.29) is 18.1 Å². The van der Waals surface area contributed by atoms with Crippen molar-refractivity contribution in [3.63, 3.8) is 0 Å². The number of halogens is 1. The lowest BCUT2D eigenvalue weighted by atomic mass is 10.1. The highest BCUT2D eigenvalue weighted by Crippen LogP contribution is 2.10. The molecule has 1 heterocycles. The van der Waals surface area contributed by atoms with E-state index in [9.17, 15) is 9.18 Å². The summed E-state index contributed by atoms with van der Waals surface area (Å²) in [6.07, 6.45) is 2.68. The summed E-state index contributed by atoms with van der Waals surface area (Å²) in [6.45, 7) is 3.29. The molecular weight excluding hydrogens is 329 g/mol. The Kier molecular flexibility index (Phi) is 5.79. The van der Waals surface area contributed by atoms with Gasteiger partial charge in [-0.3, -0.25) is 4.79 Å². The average Bonchev–Trinajstić information content (AvgIpc) is 2.96. The molecule has 0 aliphatic heterocycles. The Labute approximate surface area is 152 Å². The van der Waals surface area contributed by atoms with Gasteiger partial charge in [0, 0.05) is 31.4 Å². The molecule has 2 aromatic carbocycles. The van der Waals surface area contributed by atoms with E-state index in [1.54, 1.807) is 12.1 Å². The minimum atomic E-state index is -0.325. The molecule has 0 spiro atoms. The third kappa shape index (κ3) is 4.79. The van der Waals surface area contributed by atoms with Crippen LogP contribution in [-0.4, -0.2) is 22.0 Å².